The predicted octanol–water partition coefficient (Wildman–Crippen LogP) is 7.21. The number of Topliss-reactive ketones (excluding diaryl/α,β-unsaturated/α-hetero) is 1. The minimum Gasteiger partial charge on any atom is -0.375 e. The van der Waals surface area contributed by atoms with Crippen molar-refractivity contribution in [3.63, 3.8) is 0 Å². The molecule has 2 heterocycles. The van der Waals surface area contributed by atoms with E-state index in [2.05, 4.69) is 27.7 Å². The summed E-state index contributed by atoms with van der Waals surface area (Å²) in [6, 6.07) is 0. The van der Waals surface area contributed by atoms with Gasteiger partial charge in [0, 0.05) is 18.4 Å². The van der Waals surface area contributed by atoms with E-state index in [1.807, 2.05) is 0 Å². The zero-order valence-corrected chi connectivity index (χ0v) is 19.3. The Kier molecular flexibility index (Phi) is 12.0. The monoisotopic (exact) mass is 410 g/mol. The van der Waals surface area contributed by atoms with Crippen LogP contribution in [0.1, 0.15) is 113 Å². The number of fused-ring (bicyclic) bond motifs is 1. The minimum atomic E-state index is 0. The molecule has 2 saturated heterocycles. The summed E-state index contributed by atoms with van der Waals surface area (Å²) in [6.45, 7) is 12.8. The van der Waals surface area contributed by atoms with Crippen molar-refractivity contribution in [3.05, 3.63) is 0 Å². The Bertz CT molecular complexity index is 441. The summed E-state index contributed by atoms with van der Waals surface area (Å²) in [4.78, 5) is 10.8. The normalized spacial score (nSPS) is 30.2. The minimum absolute atomic E-state index is 0. The van der Waals surface area contributed by atoms with Crippen LogP contribution in [0.15, 0.2) is 0 Å². The van der Waals surface area contributed by atoms with E-state index in [0.717, 1.165) is 38.4 Å². The molecule has 0 radical (unpaired) electrons. The third-order valence-corrected chi connectivity index (χ3v) is 7.22. The van der Waals surface area contributed by atoms with Gasteiger partial charge < -0.3 is 9.47 Å². The first-order valence-electron chi connectivity index (χ1n) is 12.0. The maximum Gasteiger partial charge on any atom is 0.132 e. The molecule has 0 aromatic rings. The second kappa shape index (κ2) is 13.1. The van der Waals surface area contributed by atoms with Gasteiger partial charge in [-0.2, -0.15) is 0 Å². The summed E-state index contributed by atoms with van der Waals surface area (Å²) in [6.07, 6.45) is 15.5. The Morgan fingerprint density at radius 1 is 0.828 bits per heavy atom. The molecule has 0 aromatic carbocycles. The fraction of sp³-hybridized carbons (Fsp3) is 0.962. The molecule has 3 heteroatoms. The molecule has 172 valence electrons. The van der Waals surface area contributed by atoms with Crippen molar-refractivity contribution in [2.45, 2.75) is 125 Å². The quantitative estimate of drug-likeness (QED) is 0.458. The number of hydrogen-bond donors (Lipinski definition) is 0. The Balaban J connectivity index is 0.000000214. The molecule has 29 heavy (non-hydrogen) atoms. The van der Waals surface area contributed by atoms with Crippen molar-refractivity contribution in [2.75, 3.05) is 13.2 Å². The molecule has 0 spiro atoms. The van der Waals surface area contributed by atoms with Gasteiger partial charge in [-0.1, -0.05) is 73.6 Å². The average Bonchev–Trinajstić information content (AvgIpc) is 3.29. The van der Waals surface area contributed by atoms with Crippen LogP contribution >= 0.6 is 0 Å². The van der Waals surface area contributed by atoms with Crippen LogP contribution in [-0.4, -0.2) is 31.2 Å². The lowest BCUT2D eigenvalue weighted by atomic mass is 9.72. The maximum absolute atomic E-state index is 10.8. The van der Waals surface area contributed by atoms with Gasteiger partial charge in [-0.15, -0.1) is 0 Å². The van der Waals surface area contributed by atoms with Gasteiger partial charge >= 0.3 is 0 Å². The average molecular weight is 411 g/mol. The molecule has 0 aromatic heterocycles. The summed E-state index contributed by atoms with van der Waals surface area (Å²) < 4.78 is 10.9. The van der Waals surface area contributed by atoms with Crippen LogP contribution in [-0.2, 0) is 14.3 Å². The molecule has 0 N–H and O–H groups in total. The lowest BCUT2D eigenvalue weighted by Crippen LogP contribution is -2.22. The zero-order chi connectivity index (χ0) is 20.6. The smallest absolute Gasteiger partial charge is 0.132 e. The molecule has 2 aliphatic carbocycles. The fourth-order valence-electron chi connectivity index (χ4n) is 5.15. The van der Waals surface area contributed by atoms with Crippen LogP contribution in [0.4, 0.5) is 0 Å². The van der Waals surface area contributed by atoms with E-state index in [0.29, 0.717) is 35.2 Å². The lowest BCUT2D eigenvalue weighted by Gasteiger charge is -2.33. The molecule has 1 unspecified atom stereocenters. The van der Waals surface area contributed by atoms with Crippen LogP contribution in [0, 0.1) is 23.2 Å². The summed E-state index contributed by atoms with van der Waals surface area (Å²) in [5.74, 6) is 2.44. The molecule has 3 atom stereocenters. The molecule has 2 aliphatic heterocycles. The van der Waals surface area contributed by atoms with E-state index in [1.54, 1.807) is 6.92 Å². The number of carbonyl (C=O) groups is 1. The van der Waals surface area contributed by atoms with E-state index >= 15 is 0 Å². The van der Waals surface area contributed by atoms with E-state index < -0.39 is 0 Å². The highest BCUT2D eigenvalue weighted by Gasteiger charge is 2.38. The van der Waals surface area contributed by atoms with Crippen LogP contribution < -0.4 is 0 Å². The Hall–Kier alpha value is -0.410. The van der Waals surface area contributed by atoms with Crippen molar-refractivity contribution in [1.29, 1.82) is 0 Å². The standard InChI is InChI=1S/C10H20.C8H14O.C7H12O2.CH4/c1-10(2,3)9-7-5-4-6-8-9;1-7(9)8-5-3-2-4-6-8;1-5-4-9-6-2-3-8-7(5)6;/h9H,4-8H2,1-3H3;8H,2-6H2,1H3;5-7H,2-4H2,1H3;1H4/t;;5?,6-,7-;/m..1./s1. The maximum atomic E-state index is 10.8. The van der Waals surface area contributed by atoms with Crippen molar-refractivity contribution in [2.24, 2.45) is 23.2 Å². The van der Waals surface area contributed by atoms with Crippen molar-refractivity contribution in [1.82, 2.24) is 0 Å². The first-order chi connectivity index (χ1) is 13.3. The number of hydrogen-bond acceptors (Lipinski definition) is 3. The number of carbonyl (C=O) groups excluding carboxylic acids is 1. The van der Waals surface area contributed by atoms with Gasteiger partial charge in [0.2, 0.25) is 0 Å². The topological polar surface area (TPSA) is 35.5 Å². The van der Waals surface area contributed by atoms with Gasteiger partial charge in [0.15, 0.2) is 0 Å². The largest absolute Gasteiger partial charge is 0.375 e. The van der Waals surface area contributed by atoms with Gasteiger partial charge in [-0.25, -0.2) is 0 Å². The summed E-state index contributed by atoms with van der Waals surface area (Å²) in [7, 11) is 0. The second-order valence-corrected chi connectivity index (χ2v) is 10.6. The van der Waals surface area contributed by atoms with E-state index in [9.17, 15) is 4.79 Å². The Morgan fingerprint density at radius 3 is 1.79 bits per heavy atom. The van der Waals surface area contributed by atoms with Gasteiger partial charge in [-0.05, 0) is 50.4 Å². The van der Waals surface area contributed by atoms with E-state index in [4.69, 9.17) is 9.47 Å². The molecule has 4 aliphatic rings. The third kappa shape index (κ3) is 9.09. The van der Waals surface area contributed by atoms with Gasteiger partial charge in [0.1, 0.15) is 5.78 Å². The fourth-order valence-corrected chi connectivity index (χ4v) is 5.15. The van der Waals surface area contributed by atoms with Gasteiger partial charge in [-0.3, -0.25) is 4.79 Å². The molecular formula is C26H50O3. The number of rotatable bonds is 1. The Morgan fingerprint density at radius 2 is 1.38 bits per heavy atom. The summed E-state index contributed by atoms with van der Waals surface area (Å²) >= 11 is 0. The molecule has 4 fully saturated rings. The highest BCUT2D eigenvalue weighted by molar-refractivity contribution is 5.78. The third-order valence-electron chi connectivity index (χ3n) is 7.22. The Labute approximate surface area is 181 Å². The first kappa shape index (κ1) is 26.6. The second-order valence-electron chi connectivity index (χ2n) is 10.6. The van der Waals surface area contributed by atoms with Crippen molar-refractivity contribution in [3.8, 4) is 0 Å². The SMILES string of the molecule is C.CC(=O)C1CCCCC1.CC(C)(C)C1CCCCC1.CC1CO[C@@H]2CCO[C@H]12. The van der Waals surface area contributed by atoms with Crippen LogP contribution in [0.25, 0.3) is 0 Å². The molecular weight excluding hydrogens is 360 g/mol. The summed E-state index contributed by atoms with van der Waals surface area (Å²) in [5.41, 5.74) is 0.570. The van der Waals surface area contributed by atoms with Crippen LogP contribution in [0.3, 0.4) is 0 Å². The highest BCUT2D eigenvalue weighted by Crippen LogP contribution is 2.37. The zero-order valence-electron chi connectivity index (χ0n) is 19.3. The number of ketones is 1. The van der Waals surface area contributed by atoms with Crippen LogP contribution in [0.5, 0.6) is 0 Å². The van der Waals surface area contributed by atoms with Crippen LogP contribution in [0.2, 0.25) is 0 Å². The van der Waals surface area contributed by atoms with E-state index in [1.165, 1.54) is 51.4 Å². The summed E-state index contributed by atoms with van der Waals surface area (Å²) in [5, 5.41) is 0. The van der Waals surface area contributed by atoms with Crippen molar-refractivity contribution < 1.29 is 14.3 Å². The highest BCUT2D eigenvalue weighted by atomic mass is 16.6. The van der Waals surface area contributed by atoms with Gasteiger partial charge in [0.05, 0.1) is 18.8 Å². The first-order valence-corrected chi connectivity index (χ1v) is 12.0. The molecule has 0 bridgehead atoms. The molecule has 0 amide bonds. The molecule has 2 saturated carbocycles. The van der Waals surface area contributed by atoms with Gasteiger partial charge in [0.25, 0.3) is 0 Å². The molecule has 4 rings (SSSR count). The van der Waals surface area contributed by atoms with Crippen molar-refractivity contribution >= 4 is 5.78 Å². The lowest BCUT2D eigenvalue weighted by molar-refractivity contribution is -0.121. The predicted molar refractivity (Wildman–Crippen MR) is 123 cm³/mol. The molecule has 3 nitrogen and oxygen atoms in total. The number of ether oxygens (including phenoxy) is 2. The van der Waals surface area contributed by atoms with E-state index in [-0.39, 0.29) is 7.43 Å².